The number of nitrogens with zero attached hydrogens (tertiary/aromatic N) is 1. The fraction of sp³-hybridized carbons (Fsp3) is 0.533. The molecule has 0 aromatic heterocycles. The van der Waals surface area contributed by atoms with E-state index in [1.54, 1.807) is 0 Å². The van der Waals surface area contributed by atoms with E-state index in [1.165, 1.54) is 17.0 Å². The topological polar surface area (TPSA) is 40.5 Å². The van der Waals surface area contributed by atoms with Gasteiger partial charge in [0.2, 0.25) is 5.91 Å². The van der Waals surface area contributed by atoms with Gasteiger partial charge in [-0.2, -0.15) is 13.2 Å². The summed E-state index contributed by atoms with van der Waals surface area (Å²) in [5.74, 6) is -0.0430. The molecular formula is C15H18F3NO2. The minimum atomic E-state index is -4.44. The lowest BCUT2D eigenvalue weighted by atomic mass is 10.1. The fourth-order valence-electron chi connectivity index (χ4n) is 2.47. The van der Waals surface area contributed by atoms with Crippen molar-refractivity contribution in [1.29, 1.82) is 0 Å². The van der Waals surface area contributed by atoms with Crippen LogP contribution in [-0.2, 0) is 11.0 Å². The van der Waals surface area contributed by atoms with Crippen molar-refractivity contribution in [3.8, 4) is 0 Å². The van der Waals surface area contributed by atoms with E-state index >= 15 is 0 Å². The number of aliphatic hydroxyl groups is 1. The van der Waals surface area contributed by atoms with E-state index < -0.39 is 17.8 Å². The number of alkyl halides is 3. The smallest absolute Gasteiger partial charge is 0.387 e. The van der Waals surface area contributed by atoms with Gasteiger partial charge in [0.05, 0.1) is 18.2 Å². The van der Waals surface area contributed by atoms with Crippen LogP contribution in [0.1, 0.15) is 42.9 Å². The highest BCUT2D eigenvalue weighted by Crippen LogP contribution is 2.31. The van der Waals surface area contributed by atoms with Gasteiger partial charge in [-0.05, 0) is 30.5 Å². The number of halogens is 3. The van der Waals surface area contributed by atoms with Crippen LogP contribution in [-0.4, -0.2) is 29.0 Å². The molecule has 0 saturated carbocycles. The Labute approximate surface area is 121 Å². The molecule has 0 spiro atoms. The molecule has 116 valence electrons. The second-order valence-corrected chi connectivity index (χ2v) is 5.29. The lowest BCUT2D eigenvalue weighted by Crippen LogP contribution is -2.34. The molecule has 1 N–H and O–H groups in total. The van der Waals surface area contributed by atoms with Gasteiger partial charge >= 0.3 is 6.18 Å². The normalized spacial score (nSPS) is 18.5. The number of β-amino-alcohol motifs (C(OH)–C–C–N with tert-alkyl or cyclic N) is 1. The van der Waals surface area contributed by atoms with Crippen LogP contribution in [0.3, 0.4) is 0 Å². The van der Waals surface area contributed by atoms with Crippen molar-refractivity contribution < 1.29 is 23.1 Å². The summed E-state index contributed by atoms with van der Waals surface area (Å²) in [5, 5.41) is 10.1. The Morgan fingerprint density at radius 2 is 2.00 bits per heavy atom. The van der Waals surface area contributed by atoms with Crippen LogP contribution in [0.25, 0.3) is 0 Å². The fourth-order valence-corrected chi connectivity index (χ4v) is 2.47. The van der Waals surface area contributed by atoms with E-state index in [2.05, 4.69) is 0 Å². The highest BCUT2D eigenvalue weighted by Gasteiger charge is 2.31. The number of hydrogen-bond donors (Lipinski definition) is 1. The van der Waals surface area contributed by atoms with Crippen LogP contribution in [0.4, 0.5) is 13.2 Å². The maximum atomic E-state index is 12.7. The van der Waals surface area contributed by atoms with Gasteiger partial charge in [-0.25, -0.2) is 0 Å². The summed E-state index contributed by atoms with van der Waals surface area (Å²) in [6.07, 6.45) is -2.45. The van der Waals surface area contributed by atoms with Crippen molar-refractivity contribution in [2.24, 2.45) is 0 Å². The molecule has 0 bridgehead atoms. The summed E-state index contributed by atoms with van der Waals surface area (Å²) in [4.78, 5) is 13.4. The second kappa shape index (κ2) is 6.47. The molecule has 1 saturated heterocycles. The van der Waals surface area contributed by atoms with E-state index in [0.717, 1.165) is 31.4 Å². The van der Waals surface area contributed by atoms with Crippen molar-refractivity contribution >= 4 is 5.91 Å². The van der Waals surface area contributed by atoms with Gasteiger partial charge in [-0.15, -0.1) is 0 Å². The molecule has 1 aromatic rings. The number of aliphatic hydroxyl groups excluding tert-OH is 1. The van der Waals surface area contributed by atoms with E-state index in [-0.39, 0.29) is 18.0 Å². The third-order valence-electron chi connectivity index (χ3n) is 3.66. The molecule has 21 heavy (non-hydrogen) atoms. The van der Waals surface area contributed by atoms with Gasteiger partial charge < -0.3 is 10.0 Å². The Kier molecular flexibility index (Phi) is 4.88. The molecule has 1 fully saturated rings. The molecule has 1 aromatic carbocycles. The molecule has 1 heterocycles. The number of hydrogen-bond acceptors (Lipinski definition) is 2. The average Bonchev–Trinajstić information content (AvgIpc) is 2.63. The Morgan fingerprint density at radius 1 is 1.24 bits per heavy atom. The van der Waals surface area contributed by atoms with Gasteiger partial charge in [-0.3, -0.25) is 4.79 Å². The number of likely N-dealkylation sites (tertiary alicyclic amines) is 1. The predicted molar refractivity (Wildman–Crippen MR) is 71.5 cm³/mol. The van der Waals surface area contributed by atoms with Crippen molar-refractivity contribution in [3.63, 3.8) is 0 Å². The standard InChI is InChI=1S/C15H18F3NO2/c16-15(17,18)12-6-4-5-11(9-12)13(20)10-19-8-3-1-2-7-14(19)21/h4-6,9,13,20H,1-3,7-8,10H2. The number of benzene rings is 1. The molecule has 1 amide bonds. The van der Waals surface area contributed by atoms with E-state index in [1.807, 2.05) is 0 Å². The first-order valence-electron chi connectivity index (χ1n) is 7.01. The van der Waals surface area contributed by atoms with Crippen molar-refractivity contribution in [3.05, 3.63) is 35.4 Å². The summed E-state index contributed by atoms with van der Waals surface area (Å²) in [5.41, 5.74) is -0.608. The molecule has 3 nitrogen and oxygen atoms in total. The SMILES string of the molecule is O=C1CCCCCN1CC(O)c1cccc(C(F)(F)F)c1. The zero-order valence-corrected chi connectivity index (χ0v) is 11.6. The Morgan fingerprint density at radius 3 is 2.71 bits per heavy atom. The number of carbonyl (C=O) groups excluding carboxylic acids is 1. The van der Waals surface area contributed by atoms with E-state index in [4.69, 9.17) is 0 Å². The zero-order chi connectivity index (χ0) is 15.5. The molecule has 0 aliphatic carbocycles. The van der Waals surface area contributed by atoms with Crippen LogP contribution in [0.5, 0.6) is 0 Å². The third-order valence-corrected chi connectivity index (χ3v) is 3.66. The molecular weight excluding hydrogens is 283 g/mol. The summed E-state index contributed by atoms with van der Waals surface area (Å²) in [6.45, 7) is 0.592. The second-order valence-electron chi connectivity index (χ2n) is 5.29. The molecule has 2 rings (SSSR count). The average molecular weight is 301 g/mol. The Bertz CT molecular complexity index is 502. The molecule has 0 radical (unpaired) electrons. The summed E-state index contributed by atoms with van der Waals surface area (Å²) in [7, 11) is 0. The lowest BCUT2D eigenvalue weighted by molar-refractivity contribution is -0.138. The molecule has 1 unspecified atom stereocenters. The maximum Gasteiger partial charge on any atom is 0.416 e. The Hall–Kier alpha value is -1.56. The van der Waals surface area contributed by atoms with Gasteiger partial charge in [0.25, 0.3) is 0 Å². The third kappa shape index (κ3) is 4.20. The minimum Gasteiger partial charge on any atom is -0.387 e. The number of rotatable bonds is 3. The first kappa shape index (κ1) is 15.8. The number of amides is 1. The van der Waals surface area contributed by atoms with Crippen molar-refractivity contribution in [2.75, 3.05) is 13.1 Å². The zero-order valence-electron chi connectivity index (χ0n) is 11.6. The van der Waals surface area contributed by atoms with E-state index in [0.29, 0.717) is 13.0 Å². The number of carbonyl (C=O) groups is 1. The van der Waals surface area contributed by atoms with Gasteiger partial charge in [0.1, 0.15) is 0 Å². The largest absolute Gasteiger partial charge is 0.416 e. The first-order valence-corrected chi connectivity index (χ1v) is 7.01. The highest BCUT2D eigenvalue weighted by atomic mass is 19.4. The van der Waals surface area contributed by atoms with Gasteiger partial charge in [0, 0.05) is 13.0 Å². The Balaban J connectivity index is 2.09. The van der Waals surface area contributed by atoms with Crippen LogP contribution in [0.15, 0.2) is 24.3 Å². The van der Waals surface area contributed by atoms with Crippen LogP contribution < -0.4 is 0 Å². The molecule has 1 atom stereocenters. The highest BCUT2D eigenvalue weighted by molar-refractivity contribution is 5.76. The first-order chi connectivity index (χ1) is 9.88. The van der Waals surface area contributed by atoms with Crippen LogP contribution >= 0.6 is 0 Å². The molecule has 6 heteroatoms. The lowest BCUT2D eigenvalue weighted by Gasteiger charge is -2.24. The summed E-state index contributed by atoms with van der Waals surface area (Å²) < 4.78 is 38.0. The van der Waals surface area contributed by atoms with Gasteiger partial charge in [-0.1, -0.05) is 18.6 Å². The monoisotopic (exact) mass is 301 g/mol. The maximum absolute atomic E-state index is 12.7. The van der Waals surface area contributed by atoms with Crippen LogP contribution in [0.2, 0.25) is 0 Å². The minimum absolute atomic E-state index is 0.0418. The van der Waals surface area contributed by atoms with Gasteiger partial charge in [0.15, 0.2) is 0 Å². The van der Waals surface area contributed by atoms with E-state index in [9.17, 15) is 23.1 Å². The molecule has 1 aliphatic heterocycles. The predicted octanol–water partition coefficient (Wildman–Crippen LogP) is 3.14. The molecule has 1 aliphatic rings. The van der Waals surface area contributed by atoms with Crippen LogP contribution in [0, 0.1) is 0 Å². The van der Waals surface area contributed by atoms with Crippen molar-refractivity contribution in [1.82, 2.24) is 4.90 Å². The summed E-state index contributed by atoms with van der Waals surface area (Å²) in [6, 6.07) is 4.62. The summed E-state index contributed by atoms with van der Waals surface area (Å²) >= 11 is 0. The van der Waals surface area contributed by atoms with Crippen molar-refractivity contribution in [2.45, 2.75) is 38.0 Å². The quantitative estimate of drug-likeness (QED) is 0.931.